The zero-order valence-corrected chi connectivity index (χ0v) is 8.37. The predicted molar refractivity (Wildman–Crippen MR) is 54.9 cm³/mol. The molecule has 0 saturated heterocycles. The molecule has 2 rings (SSSR count). The first-order chi connectivity index (χ1) is 7.08. The number of ether oxygens (including phenoxy) is 1. The van der Waals surface area contributed by atoms with Gasteiger partial charge in [0.2, 0.25) is 0 Å². The van der Waals surface area contributed by atoms with E-state index in [1.165, 1.54) is 0 Å². The third kappa shape index (κ3) is 1.68. The first-order valence-corrected chi connectivity index (χ1v) is 4.62. The van der Waals surface area contributed by atoms with Crippen LogP contribution in [0.4, 0.5) is 0 Å². The van der Waals surface area contributed by atoms with E-state index in [0.29, 0.717) is 23.3 Å². The van der Waals surface area contributed by atoms with Gasteiger partial charge in [0.05, 0.1) is 0 Å². The minimum absolute atomic E-state index is 0.0956. The van der Waals surface area contributed by atoms with E-state index in [2.05, 4.69) is 6.58 Å². The van der Waals surface area contributed by atoms with Crippen LogP contribution in [0, 0.1) is 0 Å². The third-order valence-electron chi connectivity index (χ3n) is 2.29. The summed E-state index contributed by atoms with van der Waals surface area (Å²) < 4.78 is 5.00. The summed E-state index contributed by atoms with van der Waals surface area (Å²) in [6, 6.07) is 5.09. The van der Waals surface area contributed by atoms with Crippen LogP contribution in [0.15, 0.2) is 30.4 Å². The quantitative estimate of drug-likeness (QED) is 0.418. The van der Waals surface area contributed by atoms with Crippen molar-refractivity contribution in [1.82, 2.24) is 0 Å². The van der Waals surface area contributed by atoms with Gasteiger partial charge in [-0.15, -0.1) is 0 Å². The van der Waals surface area contributed by atoms with E-state index in [4.69, 9.17) is 4.74 Å². The Kier molecular flexibility index (Phi) is 2.15. The molecular weight excluding hydrogens is 192 g/mol. The number of rotatable bonds is 2. The number of carbonyl (C=O) groups is 2. The summed E-state index contributed by atoms with van der Waals surface area (Å²) >= 11 is 0. The monoisotopic (exact) mass is 202 g/mol. The Morgan fingerprint density at radius 3 is 2.80 bits per heavy atom. The van der Waals surface area contributed by atoms with Crippen molar-refractivity contribution in [2.24, 2.45) is 0 Å². The lowest BCUT2D eigenvalue weighted by Crippen LogP contribution is -2.19. The summed E-state index contributed by atoms with van der Waals surface area (Å²) in [5.41, 5.74) is 2.00. The molecule has 0 aliphatic heterocycles. The van der Waals surface area contributed by atoms with Crippen molar-refractivity contribution < 1.29 is 14.3 Å². The Bertz CT molecular complexity index is 472. The largest absolute Gasteiger partial charge is 0.423 e. The van der Waals surface area contributed by atoms with Gasteiger partial charge >= 0.3 is 5.97 Å². The van der Waals surface area contributed by atoms with Crippen LogP contribution in [0.5, 0.6) is 5.75 Å². The van der Waals surface area contributed by atoms with Crippen molar-refractivity contribution in [2.45, 2.75) is 13.3 Å². The fourth-order valence-corrected chi connectivity index (χ4v) is 1.39. The molecule has 0 saturated carbocycles. The highest BCUT2D eigenvalue weighted by Gasteiger charge is 2.23. The van der Waals surface area contributed by atoms with Crippen molar-refractivity contribution >= 4 is 11.8 Å². The molecule has 3 nitrogen and oxygen atoms in total. The van der Waals surface area contributed by atoms with Gasteiger partial charge < -0.3 is 4.74 Å². The number of hydrogen-bond donors (Lipinski definition) is 0. The van der Waals surface area contributed by atoms with Crippen molar-refractivity contribution in [3.8, 4) is 5.75 Å². The Morgan fingerprint density at radius 2 is 2.20 bits per heavy atom. The van der Waals surface area contributed by atoms with Crippen molar-refractivity contribution in [1.29, 1.82) is 0 Å². The molecule has 0 unspecified atom stereocenters. The fraction of sp³-hybridized carbons (Fsp3) is 0.167. The van der Waals surface area contributed by atoms with E-state index >= 15 is 0 Å². The predicted octanol–water partition coefficient (Wildman–Crippen LogP) is 1.91. The van der Waals surface area contributed by atoms with Crippen LogP contribution in [0.25, 0.3) is 0 Å². The van der Waals surface area contributed by atoms with Crippen molar-refractivity contribution in [3.05, 3.63) is 41.5 Å². The topological polar surface area (TPSA) is 43.4 Å². The Morgan fingerprint density at radius 1 is 1.47 bits per heavy atom. The number of ketones is 1. The maximum Gasteiger partial charge on any atom is 0.338 e. The highest BCUT2D eigenvalue weighted by Crippen LogP contribution is 2.27. The van der Waals surface area contributed by atoms with Gasteiger partial charge in [0.25, 0.3) is 0 Å². The van der Waals surface area contributed by atoms with E-state index in [1.807, 2.05) is 0 Å². The molecule has 1 aromatic carbocycles. The molecule has 0 bridgehead atoms. The number of Topliss-reactive ketones (excluding diaryl/α,β-unsaturated/α-hetero) is 1. The van der Waals surface area contributed by atoms with E-state index in [-0.39, 0.29) is 5.78 Å². The summed E-state index contributed by atoms with van der Waals surface area (Å²) in [6.45, 7) is 5.06. The second-order valence-electron chi connectivity index (χ2n) is 3.59. The number of hydrogen-bond acceptors (Lipinski definition) is 3. The standard InChI is InChI=1S/C12H10O3/c1-7(2)12(14)15-9-4-3-8-5-11(13)10(8)6-9/h3-4,6H,1,5H2,2H3. The third-order valence-corrected chi connectivity index (χ3v) is 2.29. The zero-order chi connectivity index (χ0) is 11.0. The van der Waals surface area contributed by atoms with E-state index in [1.54, 1.807) is 25.1 Å². The first kappa shape index (κ1) is 9.65. The van der Waals surface area contributed by atoms with Crippen LogP contribution >= 0.6 is 0 Å². The number of benzene rings is 1. The summed E-state index contributed by atoms with van der Waals surface area (Å²) in [4.78, 5) is 22.3. The van der Waals surface area contributed by atoms with Gasteiger partial charge in [-0.1, -0.05) is 12.6 Å². The zero-order valence-electron chi connectivity index (χ0n) is 8.37. The number of carbonyl (C=O) groups excluding carboxylic acids is 2. The smallest absolute Gasteiger partial charge is 0.338 e. The van der Waals surface area contributed by atoms with Crippen LogP contribution in [0.2, 0.25) is 0 Å². The van der Waals surface area contributed by atoms with Crippen LogP contribution < -0.4 is 4.74 Å². The van der Waals surface area contributed by atoms with Crippen LogP contribution in [-0.4, -0.2) is 11.8 Å². The SMILES string of the molecule is C=C(C)C(=O)Oc1ccc2c(c1)C(=O)C2. The van der Waals surface area contributed by atoms with Gasteiger partial charge in [-0.3, -0.25) is 4.79 Å². The second-order valence-corrected chi connectivity index (χ2v) is 3.59. The molecular formula is C12H10O3. The maximum atomic E-state index is 11.2. The molecule has 0 heterocycles. The Labute approximate surface area is 87.4 Å². The van der Waals surface area contributed by atoms with Crippen LogP contribution in [0.1, 0.15) is 22.8 Å². The molecule has 1 aliphatic carbocycles. The lowest BCUT2D eigenvalue weighted by atomic mass is 9.87. The van der Waals surface area contributed by atoms with E-state index in [9.17, 15) is 9.59 Å². The molecule has 0 atom stereocenters. The normalized spacial score (nSPS) is 12.7. The molecule has 0 fully saturated rings. The van der Waals surface area contributed by atoms with Crippen LogP contribution in [-0.2, 0) is 11.2 Å². The van der Waals surface area contributed by atoms with Crippen molar-refractivity contribution in [3.63, 3.8) is 0 Å². The highest BCUT2D eigenvalue weighted by atomic mass is 16.5. The number of fused-ring (bicyclic) bond motifs is 1. The molecule has 3 heteroatoms. The molecule has 0 aromatic heterocycles. The van der Waals surface area contributed by atoms with Crippen molar-refractivity contribution in [2.75, 3.05) is 0 Å². The van der Waals surface area contributed by atoms with E-state index < -0.39 is 5.97 Å². The molecule has 1 aromatic rings. The number of esters is 1. The molecule has 1 aliphatic rings. The molecule has 0 amide bonds. The molecule has 0 radical (unpaired) electrons. The molecule has 0 N–H and O–H groups in total. The minimum atomic E-state index is -0.471. The van der Waals surface area contributed by atoms with Gasteiger partial charge in [-0.25, -0.2) is 4.79 Å². The lowest BCUT2D eigenvalue weighted by Gasteiger charge is -2.17. The van der Waals surface area contributed by atoms with Crippen LogP contribution in [0.3, 0.4) is 0 Å². The second kappa shape index (κ2) is 3.35. The average Bonchev–Trinajstić information content (AvgIpc) is 2.18. The van der Waals surface area contributed by atoms with E-state index in [0.717, 1.165) is 5.56 Å². The minimum Gasteiger partial charge on any atom is -0.423 e. The molecule has 0 spiro atoms. The maximum absolute atomic E-state index is 11.2. The van der Waals surface area contributed by atoms with Gasteiger partial charge in [-0.05, 0) is 24.6 Å². The summed E-state index contributed by atoms with van der Waals surface area (Å²) in [5, 5.41) is 0. The fourth-order valence-electron chi connectivity index (χ4n) is 1.39. The summed E-state index contributed by atoms with van der Waals surface area (Å²) in [5.74, 6) is 0.0229. The summed E-state index contributed by atoms with van der Waals surface area (Å²) in [6.07, 6.45) is 0.490. The van der Waals surface area contributed by atoms with Gasteiger partial charge in [0.1, 0.15) is 5.75 Å². The summed E-state index contributed by atoms with van der Waals surface area (Å²) in [7, 11) is 0. The van der Waals surface area contributed by atoms with Gasteiger partial charge in [0.15, 0.2) is 5.78 Å². The Balaban J connectivity index is 2.20. The lowest BCUT2D eigenvalue weighted by molar-refractivity contribution is -0.130. The first-order valence-electron chi connectivity index (χ1n) is 4.62. The van der Waals surface area contributed by atoms with Gasteiger partial charge in [-0.2, -0.15) is 0 Å². The molecule has 76 valence electrons. The van der Waals surface area contributed by atoms with Gasteiger partial charge in [0, 0.05) is 17.6 Å². The Hall–Kier alpha value is -1.90. The highest BCUT2D eigenvalue weighted by molar-refractivity contribution is 6.07. The molecule has 15 heavy (non-hydrogen) atoms. The average molecular weight is 202 g/mol.